The number of aliphatic hydroxyl groups is 3. The number of pyridine rings is 1. The van der Waals surface area contributed by atoms with Crippen molar-refractivity contribution in [3.8, 4) is 5.75 Å². The molecule has 1 fully saturated rings. The third-order valence-electron chi connectivity index (χ3n) is 6.33. The highest BCUT2D eigenvalue weighted by Gasteiger charge is 2.64. The Hall–Kier alpha value is -3.24. The van der Waals surface area contributed by atoms with E-state index in [2.05, 4.69) is 4.98 Å². The number of likely N-dealkylation sites (N-methyl/N-ethyl adjacent to an activating group) is 1. The number of hydrogen-bond acceptors (Lipinski definition) is 9. The first kappa shape index (κ1) is 20.0. The van der Waals surface area contributed by atoms with E-state index in [-0.39, 0.29) is 29.7 Å². The van der Waals surface area contributed by atoms with Crippen molar-refractivity contribution in [2.24, 2.45) is 17.6 Å². The van der Waals surface area contributed by atoms with Gasteiger partial charge in [0.1, 0.15) is 22.8 Å². The topological polar surface area (TPSA) is 174 Å². The van der Waals surface area contributed by atoms with Crippen LogP contribution in [0.25, 0.3) is 5.76 Å². The predicted octanol–water partition coefficient (Wildman–Crippen LogP) is -0.641. The van der Waals surface area contributed by atoms with Gasteiger partial charge in [-0.2, -0.15) is 0 Å². The lowest BCUT2D eigenvalue weighted by molar-refractivity contribution is -0.153. The van der Waals surface area contributed by atoms with Crippen LogP contribution in [0.15, 0.2) is 29.3 Å². The molecule has 1 heterocycles. The fraction of sp³-hybridized carbons (Fsp3) is 0.400. The van der Waals surface area contributed by atoms with Crippen LogP contribution in [0.5, 0.6) is 5.75 Å². The molecule has 0 aliphatic heterocycles. The Bertz CT molecular complexity index is 1070. The minimum Gasteiger partial charge on any atom is -0.508 e. The van der Waals surface area contributed by atoms with Gasteiger partial charge in [0.25, 0.3) is 5.91 Å². The predicted molar refractivity (Wildman–Crippen MR) is 102 cm³/mol. The number of carbonyl (C=O) groups excluding carboxylic acids is 3. The van der Waals surface area contributed by atoms with Crippen LogP contribution in [-0.2, 0) is 20.8 Å². The summed E-state index contributed by atoms with van der Waals surface area (Å²) in [5, 5.41) is 43.0. The molecule has 30 heavy (non-hydrogen) atoms. The number of ketones is 2. The van der Waals surface area contributed by atoms with Gasteiger partial charge in [0.05, 0.1) is 17.8 Å². The highest BCUT2D eigenvalue weighted by atomic mass is 16.3. The van der Waals surface area contributed by atoms with Crippen LogP contribution in [0.2, 0.25) is 0 Å². The van der Waals surface area contributed by atoms with Gasteiger partial charge in [-0.25, -0.2) is 0 Å². The van der Waals surface area contributed by atoms with Crippen LogP contribution in [0.3, 0.4) is 0 Å². The van der Waals surface area contributed by atoms with Gasteiger partial charge in [-0.15, -0.1) is 0 Å². The summed E-state index contributed by atoms with van der Waals surface area (Å²) >= 11 is 0. The molecule has 1 amide bonds. The summed E-state index contributed by atoms with van der Waals surface area (Å²) in [7, 11) is 3.10. The number of Topliss-reactive ketones (excluding diaryl/α,β-unsaturated/α-hetero) is 2. The van der Waals surface area contributed by atoms with Crippen molar-refractivity contribution < 1.29 is 34.8 Å². The van der Waals surface area contributed by atoms with E-state index < -0.39 is 58.0 Å². The summed E-state index contributed by atoms with van der Waals surface area (Å²) in [5.74, 6) is -6.69. The number of aromatic hydroxyl groups is 1. The van der Waals surface area contributed by atoms with Gasteiger partial charge in [-0.1, -0.05) is 0 Å². The Balaban J connectivity index is 1.98. The Morgan fingerprint density at radius 3 is 2.50 bits per heavy atom. The van der Waals surface area contributed by atoms with E-state index in [0.717, 1.165) is 6.20 Å². The molecular weight excluding hydrogens is 394 g/mol. The van der Waals surface area contributed by atoms with E-state index in [1.807, 2.05) is 0 Å². The van der Waals surface area contributed by atoms with Crippen LogP contribution in [0.4, 0.5) is 0 Å². The van der Waals surface area contributed by atoms with Crippen molar-refractivity contribution >= 4 is 23.2 Å². The molecule has 0 bridgehead atoms. The third kappa shape index (κ3) is 2.37. The SMILES string of the molecule is CN(C)[C@@H]1C(=O)C(C(N)=O)=C(O)[C@@]2(O)C(=O)C3=C(O)c4c(O)cncc4C[C@H]3C[C@@H]12. The zero-order valence-corrected chi connectivity index (χ0v) is 16.3. The van der Waals surface area contributed by atoms with Gasteiger partial charge >= 0.3 is 0 Å². The smallest absolute Gasteiger partial charge is 0.255 e. The number of primary amides is 1. The quantitative estimate of drug-likeness (QED) is 0.393. The normalized spacial score (nSPS) is 30.9. The number of rotatable bonds is 2. The van der Waals surface area contributed by atoms with Gasteiger partial charge in [-0.3, -0.25) is 24.3 Å². The maximum absolute atomic E-state index is 13.5. The van der Waals surface area contributed by atoms with Crippen LogP contribution >= 0.6 is 0 Å². The van der Waals surface area contributed by atoms with Gasteiger partial charge in [0.2, 0.25) is 5.78 Å². The van der Waals surface area contributed by atoms with Crippen LogP contribution < -0.4 is 5.73 Å². The molecule has 3 aliphatic carbocycles. The van der Waals surface area contributed by atoms with Gasteiger partial charge < -0.3 is 26.2 Å². The second-order valence-electron chi connectivity index (χ2n) is 8.15. The van der Waals surface area contributed by atoms with E-state index in [9.17, 15) is 34.8 Å². The maximum Gasteiger partial charge on any atom is 0.255 e. The molecule has 0 radical (unpaired) electrons. The molecule has 4 atom stereocenters. The third-order valence-corrected chi connectivity index (χ3v) is 6.33. The largest absolute Gasteiger partial charge is 0.508 e. The molecule has 0 unspecified atom stereocenters. The first-order valence-electron chi connectivity index (χ1n) is 9.32. The van der Waals surface area contributed by atoms with Crippen LogP contribution in [-0.4, -0.2) is 73.5 Å². The second-order valence-corrected chi connectivity index (χ2v) is 8.15. The van der Waals surface area contributed by atoms with Crippen molar-refractivity contribution in [1.82, 2.24) is 9.88 Å². The van der Waals surface area contributed by atoms with E-state index in [0.29, 0.717) is 5.56 Å². The van der Waals surface area contributed by atoms with E-state index in [1.165, 1.54) is 11.1 Å². The molecule has 1 saturated carbocycles. The van der Waals surface area contributed by atoms with Gasteiger partial charge in [0.15, 0.2) is 11.4 Å². The molecule has 0 aromatic carbocycles. The number of aliphatic hydroxyl groups excluding tert-OH is 2. The second kappa shape index (κ2) is 6.38. The minimum atomic E-state index is -2.62. The highest BCUT2D eigenvalue weighted by Crippen LogP contribution is 2.52. The average molecular weight is 415 g/mol. The number of carbonyl (C=O) groups is 3. The van der Waals surface area contributed by atoms with Crippen molar-refractivity contribution in [3.05, 3.63) is 40.4 Å². The Morgan fingerprint density at radius 2 is 1.90 bits per heavy atom. The summed E-state index contributed by atoms with van der Waals surface area (Å²) < 4.78 is 0. The molecular formula is C20H21N3O7. The molecule has 0 saturated heterocycles. The molecule has 3 aliphatic rings. The minimum absolute atomic E-state index is 0.0290. The van der Waals surface area contributed by atoms with E-state index >= 15 is 0 Å². The van der Waals surface area contributed by atoms with Crippen molar-refractivity contribution in [2.75, 3.05) is 14.1 Å². The summed E-state index contributed by atoms with van der Waals surface area (Å²) in [6.07, 6.45) is 2.87. The Labute approximate surface area is 170 Å². The molecule has 0 spiro atoms. The van der Waals surface area contributed by atoms with Gasteiger partial charge in [0, 0.05) is 17.7 Å². The van der Waals surface area contributed by atoms with E-state index in [1.54, 1.807) is 14.1 Å². The summed E-state index contributed by atoms with van der Waals surface area (Å²) in [6.45, 7) is 0. The number of fused-ring (bicyclic) bond motifs is 3. The molecule has 10 nitrogen and oxygen atoms in total. The first-order chi connectivity index (χ1) is 14.0. The molecule has 10 heteroatoms. The lowest BCUT2D eigenvalue weighted by atomic mass is 9.57. The Kier molecular flexibility index (Phi) is 4.26. The lowest BCUT2D eigenvalue weighted by Gasteiger charge is -2.50. The highest BCUT2D eigenvalue weighted by molar-refractivity contribution is 6.24. The zero-order valence-electron chi connectivity index (χ0n) is 16.3. The molecule has 1 aromatic heterocycles. The standard InChI is InChI=1S/C20H21N3O7/c1-23(2)14-9-4-7-3-8-5-22-6-10(24)11(8)15(25)12(7)17(27)20(9,30)18(28)13(16(14)26)19(21)29/h5-7,9,14,24-25,28,30H,3-4H2,1-2H3,(H2,21,29)/t7-,9-,14-,20-/m0/s1. The maximum atomic E-state index is 13.5. The monoisotopic (exact) mass is 415 g/mol. The fourth-order valence-corrected chi connectivity index (χ4v) is 5.07. The number of hydrogen-bond donors (Lipinski definition) is 5. The number of nitrogens with two attached hydrogens (primary N) is 1. The van der Waals surface area contributed by atoms with Crippen LogP contribution in [0, 0.1) is 11.8 Å². The van der Waals surface area contributed by atoms with Gasteiger partial charge in [-0.05, 0) is 38.4 Å². The average Bonchev–Trinajstić information content (AvgIpc) is 2.64. The molecule has 4 rings (SSSR count). The molecule has 1 aromatic rings. The molecule has 158 valence electrons. The number of nitrogens with zero attached hydrogens (tertiary/aromatic N) is 2. The summed E-state index contributed by atoms with van der Waals surface area (Å²) in [6, 6.07) is -1.09. The summed E-state index contributed by atoms with van der Waals surface area (Å²) in [4.78, 5) is 43.6. The first-order valence-corrected chi connectivity index (χ1v) is 9.32. The lowest BCUT2D eigenvalue weighted by Crippen LogP contribution is -2.65. The van der Waals surface area contributed by atoms with Crippen molar-refractivity contribution in [1.29, 1.82) is 0 Å². The zero-order chi connectivity index (χ0) is 22.1. The molecule has 6 N–H and O–H groups in total. The summed E-state index contributed by atoms with van der Waals surface area (Å²) in [5.41, 5.74) is 2.18. The van der Waals surface area contributed by atoms with Crippen molar-refractivity contribution in [3.63, 3.8) is 0 Å². The van der Waals surface area contributed by atoms with Crippen molar-refractivity contribution in [2.45, 2.75) is 24.5 Å². The van der Waals surface area contributed by atoms with Crippen LogP contribution in [0.1, 0.15) is 17.5 Å². The Morgan fingerprint density at radius 1 is 1.23 bits per heavy atom. The fourth-order valence-electron chi connectivity index (χ4n) is 5.07. The number of amides is 1. The van der Waals surface area contributed by atoms with E-state index in [4.69, 9.17) is 5.73 Å². The number of aromatic nitrogens is 1.